The molecule has 6 heterocycles. The molecule has 5 nitrogen and oxygen atoms in total. The Balaban J connectivity index is 1.12. The van der Waals surface area contributed by atoms with Crippen molar-refractivity contribution >= 4 is 112 Å². The van der Waals surface area contributed by atoms with Crippen LogP contribution >= 0.6 is 0 Å². The van der Waals surface area contributed by atoms with Crippen LogP contribution in [0.15, 0.2) is 173 Å². The molecule has 0 radical (unpaired) electrons. The largest absolute Gasteiger partial charge is 0.468 e. The zero-order valence-electron chi connectivity index (χ0n) is 30.8. The lowest BCUT2D eigenvalue weighted by Crippen LogP contribution is -2.61. The van der Waals surface area contributed by atoms with Gasteiger partial charge in [-0.1, -0.05) is 97.1 Å². The lowest BCUT2D eigenvalue weighted by atomic mass is 9.35. The van der Waals surface area contributed by atoms with Crippen LogP contribution < -0.4 is 26.4 Å². The zero-order chi connectivity index (χ0) is 37.1. The molecule has 3 aliphatic heterocycles. The number of aryl methyl sites for hydroxylation is 1. The molecule has 3 aromatic heterocycles. The van der Waals surface area contributed by atoms with Crippen molar-refractivity contribution in [3.63, 3.8) is 0 Å². The number of hydrogen-bond acceptors (Lipinski definition) is 4. The van der Waals surface area contributed by atoms with Crippen molar-refractivity contribution < 1.29 is 8.83 Å². The summed E-state index contributed by atoms with van der Waals surface area (Å²) in [5.41, 5.74) is 20.1. The smallest absolute Gasteiger partial charge is 0.297 e. The van der Waals surface area contributed by atoms with Crippen LogP contribution in [0, 0.1) is 6.92 Å². The number of para-hydroxylation sites is 4. The van der Waals surface area contributed by atoms with Gasteiger partial charge in [0.2, 0.25) is 0 Å². The van der Waals surface area contributed by atoms with Crippen molar-refractivity contribution in [2.24, 2.45) is 0 Å². The van der Waals surface area contributed by atoms with Gasteiger partial charge in [0.25, 0.3) is 6.71 Å². The van der Waals surface area contributed by atoms with Gasteiger partial charge in [0.05, 0.1) is 39.4 Å². The molecule has 264 valence electrons. The molecule has 0 N–H and O–H groups in total. The van der Waals surface area contributed by atoms with E-state index in [1.54, 1.807) is 0 Å². The van der Waals surface area contributed by atoms with Crippen molar-refractivity contribution in [1.82, 2.24) is 4.57 Å². The summed E-state index contributed by atoms with van der Waals surface area (Å²) >= 11 is 0. The predicted octanol–water partition coefficient (Wildman–Crippen LogP) is 11.8. The highest BCUT2D eigenvalue weighted by molar-refractivity contribution is 7.00. The highest BCUT2D eigenvalue weighted by Gasteiger charge is 2.48. The van der Waals surface area contributed by atoms with Crippen molar-refractivity contribution in [3.05, 3.63) is 169 Å². The highest BCUT2D eigenvalue weighted by Crippen LogP contribution is 2.53. The van der Waals surface area contributed by atoms with Crippen molar-refractivity contribution in [2.45, 2.75) is 6.92 Å². The molecule has 0 atom stereocenters. The normalized spacial score (nSPS) is 13.6. The maximum Gasteiger partial charge on any atom is 0.297 e. The second-order valence-electron chi connectivity index (χ2n) is 15.7. The van der Waals surface area contributed by atoms with Gasteiger partial charge in [-0.05, 0) is 95.2 Å². The van der Waals surface area contributed by atoms with Crippen LogP contribution in [0.4, 0.5) is 34.1 Å². The summed E-state index contributed by atoms with van der Waals surface area (Å²) in [6, 6.07) is 59.5. The molecule has 0 saturated carbocycles. The summed E-state index contributed by atoms with van der Waals surface area (Å²) < 4.78 is 16.2. The molecule has 14 rings (SSSR count). The van der Waals surface area contributed by atoms with E-state index in [9.17, 15) is 0 Å². The standard InChI is InChI=1S/C51H30BN3O2/c1-29-25-42-47-43(26-29)55-40-18-9-15-36-33-13-5-7-17-39(33)54(48(36)40)41-19-10-16-38(50(41)55)52(47)51-49(37-27-31(21-24-45(37)57-51)30-11-3-2-4-12-30)53(42)32-22-23-35-34-14-6-8-20-44(34)56-46(35)28-32/h2-28H,1H3. The summed E-state index contributed by atoms with van der Waals surface area (Å²) in [7, 11) is 0. The van der Waals surface area contributed by atoms with Crippen LogP contribution in [0.3, 0.4) is 0 Å². The monoisotopic (exact) mass is 727 g/mol. The maximum atomic E-state index is 7.22. The predicted molar refractivity (Wildman–Crippen MR) is 236 cm³/mol. The lowest BCUT2D eigenvalue weighted by Gasteiger charge is -2.44. The van der Waals surface area contributed by atoms with Crippen LogP contribution in [-0.4, -0.2) is 11.3 Å². The SMILES string of the molecule is Cc1cc2c3c(c1)N1c4c(cccc4-n4c5ccccc5c5cccc1c54)B3c1oc3ccc(-c4ccccc4)cc3c1N2c1ccc2c(c1)oc1ccccc12. The van der Waals surface area contributed by atoms with Crippen LogP contribution in [0.1, 0.15) is 5.56 Å². The maximum absolute atomic E-state index is 7.22. The quantitative estimate of drug-likeness (QED) is 0.166. The third-order valence-electron chi connectivity index (χ3n) is 12.7. The number of anilines is 6. The van der Waals surface area contributed by atoms with Gasteiger partial charge in [-0.15, -0.1) is 0 Å². The van der Waals surface area contributed by atoms with Crippen molar-refractivity contribution in [2.75, 3.05) is 9.80 Å². The Morgan fingerprint density at radius 3 is 2.11 bits per heavy atom. The Morgan fingerprint density at radius 2 is 1.19 bits per heavy atom. The number of furan rings is 2. The Kier molecular flexibility index (Phi) is 5.47. The minimum atomic E-state index is -0.141. The third-order valence-corrected chi connectivity index (χ3v) is 12.7. The summed E-state index contributed by atoms with van der Waals surface area (Å²) in [5.74, 6) is 0. The summed E-state index contributed by atoms with van der Waals surface area (Å²) in [4.78, 5) is 4.98. The van der Waals surface area contributed by atoms with Gasteiger partial charge in [0, 0.05) is 50.1 Å². The van der Waals surface area contributed by atoms with E-state index in [1.165, 1.54) is 66.6 Å². The lowest BCUT2D eigenvalue weighted by molar-refractivity contribution is 0.651. The van der Waals surface area contributed by atoms with Crippen LogP contribution in [0.25, 0.3) is 71.5 Å². The Hall–Kier alpha value is -7.44. The average Bonchev–Trinajstić information content (AvgIpc) is 3.93. The molecule has 0 fully saturated rings. The van der Waals surface area contributed by atoms with E-state index in [4.69, 9.17) is 8.83 Å². The first-order chi connectivity index (χ1) is 28.2. The van der Waals surface area contributed by atoms with E-state index in [0.717, 1.165) is 61.2 Å². The van der Waals surface area contributed by atoms with Crippen molar-refractivity contribution in [3.8, 4) is 16.8 Å². The fourth-order valence-corrected chi connectivity index (χ4v) is 10.4. The highest BCUT2D eigenvalue weighted by atomic mass is 16.3. The molecule has 57 heavy (non-hydrogen) atoms. The van der Waals surface area contributed by atoms with Crippen molar-refractivity contribution in [1.29, 1.82) is 0 Å². The molecular weight excluding hydrogens is 697 g/mol. The number of benzene rings is 8. The van der Waals surface area contributed by atoms with Crippen LogP contribution in [-0.2, 0) is 0 Å². The molecule has 0 saturated heterocycles. The fraction of sp³-hybridized carbons (Fsp3) is 0.0196. The Bertz CT molecular complexity index is 3580. The van der Waals surface area contributed by atoms with E-state index in [2.05, 4.69) is 179 Å². The Morgan fingerprint density at radius 1 is 0.456 bits per heavy atom. The molecule has 0 amide bonds. The fourth-order valence-electron chi connectivity index (χ4n) is 10.4. The van der Waals surface area contributed by atoms with Gasteiger partial charge in [-0.2, -0.15) is 0 Å². The summed E-state index contributed by atoms with van der Waals surface area (Å²) in [5, 5.41) is 5.84. The zero-order valence-corrected chi connectivity index (χ0v) is 30.8. The number of fused-ring (bicyclic) bond motifs is 14. The van der Waals surface area contributed by atoms with E-state index in [1.807, 2.05) is 6.07 Å². The van der Waals surface area contributed by atoms with Crippen LogP contribution in [0.5, 0.6) is 0 Å². The molecular formula is C51H30BN3O2. The van der Waals surface area contributed by atoms with Gasteiger partial charge in [0.15, 0.2) is 0 Å². The summed E-state index contributed by atoms with van der Waals surface area (Å²) in [6.45, 7) is 2.09. The minimum Gasteiger partial charge on any atom is -0.468 e. The molecule has 0 bridgehead atoms. The first-order valence-electron chi connectivity index (χ1n) is 19.6. The first-order valence-corrected chi connectivity index (χ1v) is 19.6. The molecule has 0 unspecified atom stereocenters. The van der Waals surface area contributed by atoms with E-state index in [0.29, 0.717) is 0 Å². The van der Waals surface area contributed by atoms with Gasteiger partial charge >= 0.3 is 0 Å². The second-order valence-corrected chi connectivity index (χ2v) is 15.7. The first kappa shape index (κ1) is 29.9. The van der Waals surface area contributed by atoms with Gasteiger partial charge in [0.1, 0.15) is 16.7 Å². The van der Waals surface area contributed by atoms with Crippen LogP contribution in [0.2, 0.25) is 0 Å². The van der Waals surface area contributed by atoms with E-state index < -0.39 is 0 Å². The van der Waals surface area contributed by atoms with E-state index in [-0.39, 0.29) is 6.71 Å². The molecule has 11 aromatic rings. The number of nitrogens with zero attached hydrogens (tertiary/aromatic N) is 3. The molecule has 8 aromatic carbocycles. The molecule has 0 spiro atoms. The second kappa shape index (κ2) is 10.4. The minimum absolute atomic E-state index is 0.141. The molecule has 6 heteroatoms. The average molecular weight is 728 g/mol. The van der Waals surface area contributed by atoms with Gasteiger partial charge < -0.3 is 23.2 Å². The topological polar surface area (TPSA) is 37.7 Å². The Labute approximate surface area is 327 Å². The number of hydrogen-bond donors (Lipinski definition) is 0. The summed E-state index contributed by atoms with van der Waals surface area (Å²) in [6.07, 6.45) is 0. The molecule has 0 aliphatic carbocycles. The number of rotatable bonds is 2. The number of aromatic nitrogens is 1. The third kappa shape index (κ3) is 3.71. The van der Waals surface area contributed by atoms with Gasteiger partial charge in [-0.25, -0.2) is 0 Å². The van der Waals surface area contributed by atoms with E-state index >= 15 is 0 Å². The molecule has 3 aliphatic rings. The van der Waals surface area contributed by atoms with Gasteiger partial charge in [-0.3, -0.25) is 0 Å².